The minimum absolute atomic E-state index is 0.0553. The van der Waals surface area contributed by atoms with E-state index >= 15 is 0 Å². The molecule has 2 unspecified atom stereocenters. The fraction of sp³-hybridized carbons (Fsp3) is 0.902. The van der Waals surface area contributed by atoms with Crippen LogP contribution in [-0.4, -0.2) is 49.3 Å². The van der Waals surface area contributed by atoms with Gasteiger partial charge in [-0.15, -0.1) is 0 Å². The summed E-state index contributed by atoms with van der Waals surface area (Å²) >= 11 is 0. The average Bonchev–Trinajstić information content (AvgIpc) is 3.36. The number of unbranched alkanes of at least 4 members (excludes halogenated alkanes) is 42. The van der Waals surface area contributed by atoms with E-state index in [1.165, 1.54) is 250 Å². The second kappa shape index (κ2) is 57.8. The number of ether oxygens (including phenoxy) is 2. The van der Waals surface area contributed by atoms with Crippen LogP contribution in [0.3, 0.4) is 0 Å². The Morgan fingerprint density at radius 1 is 0.408 bits per heavy atom. The first-order valence-corrected chi connectivity index (χ1v) is 32.3. The third-order valence-corrected chi connectivity index (χ3v) is 14.8. The summed E-state index contributed by atoms with van der Waals surface area (Å²) in [4.78, 5) is 35.2. The molecule has 0 bridgehead atoms. The Labute approximate surface area is 440 Å². The van der Waals surface area contributed by atoms with E-state index in [4.69, 9.17) is 24.3 Å². The van der Waals surface area contributed by atoms with Gasteiger partial charge in [-0.25, -0.2) is 4.57 Å². The van der Waals surface area contributed by atoms with Crippen molar-refractivity contribution in [3.63, 3.8) is 0 Å². The molecule has 0 saturated carbocycles. The minimum Gasteiger partial charge on any atom is -0.462 e. The molecule has 0 aliphatic carbocycles. The highest BCUT2D eigenvalue weighted by Gasteiger charge is 2.26. The molecule has 71 heavy (non-hydrogen) atoms. The molecule has 0 aliphatic heterocycles. The van der Waals surface area contributed by atoms with Crippen molar-refractivity contribution < 1.29 is 37.6 Å². The van der Waals surface area contributed by atoms with E-state index in [2.05, 4.69) is 38.2 Å². The van der Waals surface area contributed by atoms with Crippen LogP contribution in [-0.2, 0) is 32.7 Å². The van der Waals surface area contributed by atoms with E-state index in [-0.39, 0.29) is 38.6 Å². The Bertz CT molecular complexity index is 1210. The molecule has 0 amide bonds. The van der Waals surface area contributed by atoms with E-state index in [9.17, 15) is 19.0 Å². The van der Waals surface area contributed by atoms with Gasteiger partial charge in [0.2, 0.25) is 0 Å². The van der Waals surface area contributed by atoms with Crippen LogP contribution >= 0.6 is 7.82 Å². The van der Waals surface area contributed by atoms with Crippen LogP contribution in [0.5, 0.6) is 0 Å². The van der Waals surface area contributed by atoms with Crippen molar-refractivity contribution in [2.75, 3.05) is 26.4 Å². The lowest BCUT2D eigenvalue weighted by molar-refractivity contribution is -0.161. The zero-order valence-corrected chi connectivity index (χ0v) is 47.9. The van der Waals surface area contributed by atoms with E-state index in [0.717, 1.165) is 38.5 Å². The van der Waals surface area contributed by atoms with Crippen molar-refractivity contribution in [3.8, 4) is 0 Å². The van der Waals surface area contributed by atoms with Crippen molar-refractivity contribution in [2.24, 2.45) is 5.73 Å². The average molecular weight is 1020 g/mol. The summed E-state index contributed by atoms with van der Waals surface area (Å²) in [7, 11) is -4.38. The summed E-state index contributed by atoms with van der Waals surface area (Å²) in [5.74, 6) is -0.816. The second-order valence-corrected chi connectivity index (χ2v) is 22.4. The number of carbonyl (C=O) groups is 2. The number of rotatable bonds is 59. The van der Waals surface area contributed by atoms with E-state index < -0.39 is 26.5 Å². The molecule has 0 aromatic carbocycles. The van der Waals surface area contributed by atoms with E-state index in [1.54, 1.807) is 0 Å². The lowest BCUT2D eigenvalue weighted by Gasteiger charge is -2.19. The highest BCUT2D eigenvalue weighted by Crippen LogP contribution is 2.43. The number of phosphoric acid groups is 1. The fourth-order valence-corrected chi connectivity index (χ4v) is 9.98. The maximum atomic E-state index is 12.7. The lowest BCUT2D eigenvalue weighted by atomic mass is 10.0. The van der Waals surface area contributed by atoms with Crippen LogP contribution in [0.4, 0.5) is 0 Å². The summed E-state index contributed by atoms with van der Waals surface area (Å²) in [5, 5.41) is 0. The molecule has 0 aliphatic rings. The molecule has 0 aromatic rings. The van der Waals surface area contributed by atoms with Crippen LogP contribution < -0.4 is 5.73 Å². The highest BCUT2D eigenvalue weighted by molar-refractivity contribution is 7.47. The van der Waals surface area contributed by atoms with Gasteiger partial charge in [-0.05, 0) is 64.2 Å². The number of carbonyl (C=O) groups excluding carboxylic acids is 2. The maximum Gasteiger partial charge on any atom is 0.472 e. The molecule has 10 heteroatoms. The monoisotopic (exact) mass is 1020 g/mol. The van der Waals surface area contributed by atoms with Gasteiger partial charge in [-0.3, -0.25) is 18.6 Å². The third kappa shape index (κ3) is 57.6. The smallest absolute Gasteiger partial charge is 0.462 e. The van der Waals surface area contributed by atoms with E-state index in [0.29, 0.717) is 6.42 Å². The Kier molecular flexibility index (Phi) is 56.5. The number of hydrogen-bond acceptors (Lipinski definition) is 8. The van der Waals surface area contributed by atoms with Crippen molar-refractivity contribution in [1.29, 1.82) is 0 Å². The van der Waals surface area contributed by atoms with Crippen molar-refractivity contribution in [1.82, 2.24) is 0 Å². The molecule has 3 N–H and O–H groups in total. The molecule has 420 valence electrons. The summed E-state index contributed by atoms with van der Waals surface area (Å²) in [5.41, 5.74) is 5.38. The summed E-state index contributed by atoms with van der Waals surface area (Å²) in [6.45, 7) is 3.79. The Morgan fingerprint density at radius 2 is 0.690 bits per heavy atom. The molecule has 0 radical (unpaired) electrons. The zero-order valence-electron chi connectivity index (χ0n) is 47.0. The minimum atomic E-state index is -4.38. The van der Waals surface area contributed by atoms with Crippen molar-refractivity contribution in [3.05, 3.63) is 24.3 Å². The van der Waals surface area contributed by atoms with Gasteiger partial charge < -0.3 is 20.1 Å². The summed E-state index contributed by atoms with van der Waals surface area (Å²) < 4.78 is 33.0. The van der Waals surface area contributed by atoms with Crippen LogP contribution in [0.2, 0.25) is 0 Å². The normalized spacial score (nSPS) is 13.1. The first-order valence-electron chi connectivity index (χ1n) is 30.8. The Balaban J connectivity index is 3.83. The highest BCUT2D eigenvalue weighted by atomic mass is 31.2. The molecular weight excluding hydrogens is 906 g/mol. The van der Waals surface area contributed by atoms with Gasteiger partial charge in [-0.2, -0.15) is 0 Å². The third-order valence-electron chi connectivity index (χ3n) is 13.8. The van der Waals surface area contributed by atoms with Gasteiger partial charge in [-0.1, -0.05) is 269 Å². The standard InChI is InChI=1S/C61H118NO8P/c1-3-5-7-9-11-13-15-17-19-21-22-23-24-25-26-27-28-29-30-31-32-33-34-35-36-38-40-42-44-46-48-50-52-54-61(64)70-59(58-69-71(65,66)68-56-55-62)57-67-60(63)53-51-49-47-45-43-41-39-37-20-18-16-14-12-10-8-6-4-2/h18,20-22,59H,3-17,19,23-58,62H2,1-2H3,(H,65,66)/b20-18-,22-21-. The maximum absolute atomic E-state index is 12.7. The molecule has 0 aromatic heterocycles. The number of phosphoric ester groups is 1. The first kappa shape index (κ1) is 69.5. The SMILES string of the molecule is CCCCCCCC/C=C\CCCCCCCCCC(=O)OCC(COP(=O)(O)OCCN)OC(=O)CCCCCCCCCCCCCCCCCCCCCCC/C=C\CCCCCCCCCC. The molecule has 9 nitrogen and oxygen atoms in total. The van der Waals surface area contributed by atoms with Gasteiger partial charge in [0.1, 0.15) is 6.61 Å². The summed E-state index contributed by atoms with van der Waals surface area (Å²) in [6.07, 6.45) is 68.3. The first-order chi connectivity index (χ1) is 34.8. The molecule has 0 rings (SSSR count). The quantitative estimate of drug-likeness (QED) is 0.0264. The van der Waals surface area contributed by atoms with Crippen LogP contribution in [0.15, 0.2) is 24.3 Å². The topological polar surface area (TPSA) is 134 Å². The van der Waals surface area contributed by atoms with Crippen LogP contribution in [0.25, 0.3) is 0 Å². The number of nitrogens with two attached hydrogens (primary N) is 1. The molecule has 0 saturated heterocycles. The number of esters is 2. The van der Waals surface area contributed by atoms with Crippen molar-refractivity contribution >= 4 is 19.8 Å². The van der Waals surface area contributed by atoms with Gasteiger partial charge in [0, 0.05) is 19.4 Å². The molecule has 0 fully saturated rings. The predicted octanol–water partition coefficient (Wildman–Crippen LogP) is 19.4. The van der Waals surface area contributed by atoms with Gasteiger partial charge >= 0.3 is 19.8 Å². The van der Waals surface area contributed by atoms with Gasteiger partial charge in [0.15, 0.2) is 6.10 Å². The summed E-state index contributed by atoms with van der Waals surface area (Å²) in [6, 6.07) is 0. The zero-order chi connectivity index (χ0) is 51.7. The van der Waals surface area contributed by atoms with E-state index in [1.807, 2.05) is 0 Å². The lowest BCUT2D eigenvalue weighted by Crippen LogP contribution is -2.29. The van der Waals surface area contributed by atoms with Gasteiger partial charge in [0.05, 0.1) is 13.2 Å². The van der Waals surface area contributed by atoms with Crippen LogP contribution in [0.1, 0.15) is 322 Å². The second-order valence-electron chi connectivity index (χ2n) is 20.9. The van der Waals surface area contributed by atoms with Crippen LogP contribution in [0, 0.1) is 0 Å². The molecule has 2 atom stereocenters. The number of hydrogen-bond donors (Lipinski definition) is 2. The predicted molar refractivity (Wildman–Crippen MR) is 303 cm³/mol. The fourth-order valence-electron chi connectivity index (χ4n) is 9.22. The molecule has 0 heterocycles. The largest absolute Gasteiger partial charge is 0.472 e. The van der Waals surface area contributed by atoms with Gasteiger partial charge in [0.25, 0.3) is 0 Å². The van der Waals surface area contributed by atoms with Crippen molar-refractivity contribution in [2.45, 2.75) is 328 Å². The molecular formula is C61H118NO8P. The molecule has 0 spiro atoms. The number of allylic oxidation sites excluding steroid dienone is 4. The Morgan fingerprint density at radius 3 is 1.00 bits per heavy atom. The Hall–Kier alpha value is -1.51.